The third-order valence-electron chi connectivity index (χ3n) is 5.63. The van der Waals surface area contributed by atoms with Gasteiger partial charge >= 0.3 is 12.1 Å². The van der Waals surface area contributed by atoms with Gasteiger partial charge < -0.3 is 14.8 Å². The first-order valence-electron chi connectivity index (χ1n) is 8.50. The van der Waals surface area contributed by atoms with E-state index in [0.717, 1.165) is 31.4 Å². The molecule has 2 heterocycles. The quantitative estimate of drug-likeness (QED) is 0.788. The zero-order valence-corrected chi connectivity index (χ0v) is 13.8. The van der Waals surface area contributed by atoms with Gasteiger partial charge in [0.05, 0.1) is 29.8 Å². The fourth-order valence-corrected chi connectivity index (χ4v) is 4.30. The lowest BCUT2D eigenvalue weighted by molar-refractivity contribution is -0.162. The van der Waals surface area contributed by atoms with Crippen LogP contribution in [0.15, 0.2) is 12.1 Å². The molecule has 1 aromatic carbocycles. The number of hydrogen-bond donors (Lipinski definition) is 2. The van der Waals surface area contributed by atoms with E-state index in [4.69, 9.17) is 4.74 Å². The SMILES string of the molecule is O=C(O)CC1(C2CCC2)OCCc2c1[nH]c1c(F)ccc(C(F)(F)F)c21. The molecule has 0 bridgehead atoms. The lowest BCUT2D eigenvalue weighted by atomic mass is 9.68. The summed E-state index contributed by atoms with van der Waals surface area (Å²) in [5.41, 5.74) is -1.75. The Bertz CT molecular complexity index is 885. The van der Waals surface area contributed by atoms with Crippen LogP contribution in [-0.4, -0.2) is 22.7 Å². The Morgan fingerprint density at radius 2 is 2.08 bits per heavy atom. The van der Waals surface area contributed by atoms with Gasteiger partial charge in [0.1, 0.15) is 11.4 Å². The Hall–Kier alpha value is -2.09. The maximum absolute atomic E-state index is 14.3. The highest BCUT2D eigenvalue weighted by Gasteiger charge is 2.51. The van der Waals surface area contributed by atoms with Gasteiger partial charge in [-0.3, -0.25) is 4.79 Å². The van der Waals surface area contributed by atoms with Crippen molar-refractivity contribution in [1.29, 1.82) is 0 Å². The average molecular weight is 371 g/mol. The Morgan fingerprint density at radius 1 is 1.35 bits per heavy atom. The molecule has 2 aliphatic rings. The first-order valence-corrected chi connectivity index (χ1v) is 8.50. The first-order chi connectivity index (χ1) is 12.2. The number of halogens is 4. The summed E-state index contributed by atoms with van der Waals surface area (Å²) in [5.74, 6) is -2.00. The highest BCUT2D eigenvalue weighted by Crippen LogP contribution is 2.52. The lowest BCUT2D eigenvalue weighted by Gasteiger charge is -2.46. The number of aromatic nitrogens is 1. The van der Waals surface area contributed by atoms with Crippen LogP contribution in [0.3, 0.4) is 0 Å². The van der Waals surface area contributed by atoms with Crippen LogP contribution < -0.4 is 0 Å². The monoisotopic (exact) mass is 371 g/mol. The van der Waals surface area contributed by atoms with Crippen LogP contribution >= 0.6 is 0 Å². The number of nitrogens with one attached hydrogen (secondary N) is 1. The van der Waals surface area contributed by atoms with Crippen LogP contribution in [0.5, 0.6) is 0 Å². The van der Waals surface area contributed by atoms with E-state index in [-0.39, 0.29) is 36.3 Å². The molecule has 0 radical (unpaired) electrons. The van der Waals surface area contributed by atoms with Gasteiger partial charge in [-0.05, 0) is 42.9 Å². The molecular weight excluding hydrogens is 354 g/mol. The van der Waals surface area contributed by atoms with Crippen molar-refractivity contribution >= 4 is 16.9 Å². The summed E-state index contributed by atoms with van der Waals surface area (Å²) in [7, 11) is 0. The number of aromatic amines is 1. The molecule has 1 unspecified atom stereocenters. The number of H-pyrrole nitrogens is 1. The Morgan fingerprint density at radius 3 is 2.65 bits per heavy atom. The topological polar surface area (TPSA) is 62.3 Å². The van der Waals surface area contributed by atoms with E-state index in [2.05, 4.69) is 4.98 Å². The summed E-state index contributed by atoms with van der Waals surface area (Å²) in [6.45, 7) is 0.109. The summed E-state index contributed by atoms with van der Waals surface area (Å²) >= 11 is 0. The second-order valence-electron chi connectivity index (χ2n) is 7.01. The van der Waals surface area contributed by atoms with Crippen LogP contribution in [0.2, 0.25) is 0 Å². The maximum Gasteiger partial charge on any atom is 0.417 e. The molecule has 1 saturated carbocycles. The zero-order chi connectivity index (χ0) is 18.7. The molecule has 2 aromatic rings. The number of hydrogen-bond acceptors (Lipinski definition) is 2. The second-order valence-corrected chi connectivity index (χ2v) is 7.01. The zero-order valence-electron chi connectivity index (χ0n) is 13.8. The predicted molar refractivity (Wildman–Crippen MR) is 84.2 cm³/mol. The lowest BCUT2D eigenvalue weighted by Crippen LogP contribution is -2.46. The largest absolute Gasteiger partial charge is 0.481 e. The van der Waals surface area contributed by atoms with E-state index >= 15 is 0 Å². The fraction of sp³-hybridized carbons (Fsp3) is 0.500. The Balaban J connectivity index is 2.01. The maximum atomic E-state index is 14.3. The van der Waals surface area contributed by atoms with Gasteiger partial charge in [-0.1, -0.05) is 6.42 Å². The van der Waals surface area contributed by atoms with Gasteiger partial charge in [0, 0.05) is 5.39 Å². The molecule has 26 heavy (non-hydrogen) atoms. The highest BCUT2D eigenvalue weighted by atomic mass is 19.4. The van der Waals surface area contributed by atoms with Crippen molar-refractivity contribution in [2.45, 2.75) is 43.9 Å². The normalized spacial score (nSPS) is 23.7. The number of ether oxygens (including phenoxy) is 1. The smallest absolute Gasteiger partial charge is 0.417 e. The van der Waals surface area contributed by atoms with Gasteiger partial charge in [-0.2, -0.15) is 13.2 Å². The molecule has 4 rings (SSSR count). The van der Waals surface area contributed by atoms with Gasteiger partial charge in [-0.15, -0.1) is 0 Å². The predicted octanol–water partition coefficient (Wildman–Crippen LogP) is 4.37. The molecule has 1 atom stereocenters. The first kappa shape index (κ1) is 17.3. The van der Waals surface area contributed by atoms with Crippen LogP contribution in [-0.2, 0) is 27.7 Å². The molecule has 1 fully saturated rings. The third kappa shape index (κ3) is 2.42. The fourth-order valence-electron chi connectivity index (χ4n) is 4.30. The van der Waals surface area contributed by atoms with Crippen LogP contribution in [0, 0.1) is 11.7 Å². The molecule has 0 amide bonds. The minimum absolute atomic E-state index is 0.108. The molecule has 1 aliphatic carbocycles. The van der Waals surface area contributed by atoms with E-state index in [1.165, 1.54) is 0 Å². The van der Waals surface area contributed by atoms with Crippen molar-refractivity contribution in [3.63, 3.8) is 0 Å². The number of aliphatic carboxylic acids is 1. The molecule has 140 valence electrons. The number of rotatable bonds is 3. The van der Waals surface area contributed by atoms with Gasteiger partial charge in [-0.25, -0.2) is 4.39 Å². The van der Waals surface area contributed by atoms with Gasteiger partial charge in [0.25, 0.3) is 0 Å². The average Bonchev–Trinajstić information content (AvgIpc) is 2.86. The molecule has 4 nitrogen and oxygen atoms in total. The van der Waals surface area contributed by atoms with Crippen LogP contribution in [0.4, 0.5) is 17.6 Å². The van der Waals surface area contributed by atoms with Crippen molar-refractivity contribution in [3.05, 3.63) is 34.8 Å². The molecule has 0 spiro atoms. The van der Waals surface area contributed by atoms with Gasteiger partial charge in [0.2, 0.25) is 0 Å². The summed E-state index contributed by atoms with van der Waals surface area (Å²) in [6, 6.07) is 1.53. The number of fused-ring (bicyclic) bond motifs is 3. The van der Waals surface area contributed by atoms with E-state index in [9.17, 15) is 27.5 Å². The highest BCUT2D eigenvalue weighted by molar-refractivity contribution is 5.90. The molecular formula is C18H17F4NO3. The van der Waals surface area contributed by atoms with Crippen molar-refractivity contribution in [1.82, 2.24) is 4.98 Å². The molecule has 1 aliphatic heterocycles. The van der Waals surface area contributed by atoms with Crippen LogP contribution in [0.1, 0.15) is 42.5 Å². The van der Waals surface area contributed by atoms with Crippen molar-refractivity contribution in [2.24, 2.45) is 5.92 Å². The summed E-state index contributed by atoms with van der Waals surface area (Å²) in [4.78, 5) is 14.3. The molecule has 8 heteroatoms. The number of benzene rings is 1. The van der Waals surface area contributed by atoms with Crippen molar-refractivity contribution in [3.8, 4) is 0 Å². The minimum Gasteiger partial charge on any atom is -0.481 e. The van der Waals surface area contributed by atoms with Gasteiger partial charge in [0.15, 0.2) is 0 Å². The third-order valence-corrected chi connectivity index (χ3v) is 5.63. The summed E-state index contributed by atoms with van der Waals surface area (Å²) in [6.07, 6.45) is -2.44. The Kier molecular flexibility index (Phi) is 3.80. The summed E-state index contributed by atoms with van der Waals surface area (Å²) < 4.78 is 60.6. The van der Waals surface area contributed by atoms with E-state index in [0.29, 0.717) is 11.3 Å². The van der Waals surface area contributed by atoms with Crippen molar-refractivity contribution < 1.29 is 32.2 Å². The number of alkyl halides is 3. The number of carboxylic acid groups (broad SMARTS) is 1. The van der Waals surface area contributed by atoms with Crippen LogP contribution in [0.25, 0.3) is 10.9 Å². The second kappa shape index (κ2) is 5.70. The summed E-state index contributed by atoms with van der Waals surface area (Å²) in [5, 5.41) is 9.19. The molecule has 2 N–H and O–H groups in total. The number of carbonyl (C=O) groups is 1. The molecule has 0 saturated heterocycles. The Labute approximate surface area is 146 Å². The van der Waals surface area contributed by atoms with E-state index < -0.39 is 29.1 Å². The number of carboxylic acids is 1. The standard InChI is InChI=1S/C18H17F4NO3/c19-12-5-4-11(18(20,21)22)14-10-6-7-26-17(8-13(24)25,9-2-1-3-9)16(10)23-15(12)14/h4-5,9,23H,1-3,6-8H2,(H,24,25). The van der Waals surface area contributed by atoms with E-state index in [1.54, 1.807) is 0 Å². The minimum atomic E-state index is -4.63. The van der Waals surface area contributed by atoms with E-state index in [1.807, 2.05) is 0 Å². The molecule has 1 aromatic heterocycles. The van der Waals surface area contributed by atoms with Crippen molar-refractivity contribution in [2.75, 3.05) is 6.61 Å².